The molecule has 5 heteroatoms. The Morgan fingerprint density at radius 1 is 0.895 bits per heavy atom. The number of hydrogen-bond donors (Lipinski definition) is 0. The van der Waals surface area contributed by atoms with Crippen LogP contribution in [-0.2, 0) is 6.42 Å². The van der Waals surface area contributed by atoms with Gasteiger partial charge in [-0.15, -0.1) is 0 Å². The highest BCUT2D eigenvalue weighted by atomic mass is 35.5. The van der Waals surface area contributed by atoms with Gasteiger partial charge in [0.25, 0.3) is 0 Å². The molecule has 2 aromatic carbocycles. The number of hydrogen-bond acceptors (Lipinski definition) is 1. The molecule has 0 aromatic heterocycles. The molecule has 0 heterocycles. The van der Waals surface area contributed by atoms with Gasteiger partial charge in [-0.3, -0.25) is 4.79 Å². The van der Waals surface area contributed by atoms with Crippen molar-refractivity contribution in [2.24, 2.45) is 0 Å². The van der Waals surface area contributed by atoms with Crippen LogP contribution in [0, 0.1) is 0 Å². The lowest BCUT2D eigenvalue weighted by molar-refractivity contribution is 0.0993. The van der Waals surface area contributed by atoms with E-state index in [1.165, 1.54) is 0 Å². The summed E-state index contributed by atoms with van der Waals surface area (Å²) in [6.07, 6.45) is 0.191. The Balaban J connectivity index is 2.26. The number of Topliss-reactive ketones (excluding diaryl/α,β-unsaturated/α-hetero) is 1. The Morgan fingerprint density at radius 3 is 2.32 bits per heavy atom. The second-order valence-corrected chi connectivity index (χ2v) is 5.55. The highest BCUT2D eigenvalue weighted by Gasteiger charge is 2.13. The Labute approximate surface area is 131 Å². The Kier molecular flexibility index (Phi) is 4.75. The van der Waals surface area contributed by atoms with Crippen molar-refractivity contribution in [3.63, 3.8) is 0 Å². The largest absolute Gasteiger partial charge is 0.294 e. The van der Waals surface area contributed by atoms with Gasteiger partial charge in [-0.2, -0.15) is 0 Å². The molecule has 0 aliphatic heterocycles. The molecule has 0 radical (unpaired) electrons. The van der Waals surface area contributed by atoms with Crippen LogP contribution in [0.15, 0.2) is 36.4 Å². The summed E-state index contributed by atoms with van der Waals surface area (Å²) in [7, 11) is 0. The second kappa shape index (κ2) is 6.15. The first-order chi connectivity index (χ1) is 8.99. The lowest BCUT2D eigenvalue weighted by Gasteiger charge is -2.06. The number of benzene rings is 2. The quantitative estimate of drug-likeness (QED) is 0.656. The van der Waals surface area contributed by atoms with Gasteiger partial charge in [0.2, 0.25) is 0 Å². The van der Waals surface area contributed by atoms with Crippen LogP contribution in [0.5, 0.6) is 0 Å². The van der Waals surface area contributed by atoms with Crippen LogP contribution in [0.4, 0.5) is 0 Å². The molecule has 0 amide bonds. The minimum absolute atomic E-state index is 0.120. The molecule has 98 valence electrons. The predicted molar refractivity (Wildman–Crippen MR) is 81.0 cm³/mol. The lowest BCUT2D eigenvalue weighted by Crippen LogP contribution is -2.04. The van der Waals surface area contributed by atoms with E-state index in [0.717, 1.165) is 5.56 Å². The summed E-state index contributed by atoms with van der Waals surface area (Å²) in [6, 6.07) is 10.1. The van der Waals surface area contributed by atoms with Gasteiger partial charge in [-0.25, -0.2) is 0 Å². The first kappa shape index (κ1) is 14.7. The summed E-state index contributed by atoms with van der Waals surface area (Å²) in [4.78, 5) is 12.2. The number of carbonyl (C=O) groups is 1. The zero-order valence-corrected chi connectivity index (χ0v) is 12.6. The first-order valence-corrected chi connectivity index (χ1v) is 6.91. The fourth-order valence-electron chi connectivity index (χ4n) is 1.65. The molecule has 0 unspecified atom stereocenters. The second-order valence-electron chi connectivity index (χ2n) is 3.95. The van der Waals surface area contributed by atoms with Crippen LogP contribution in [-0.4, -0.2) is 5.78 Å². The molecule has 19 heavy (non-hydrogen) atoms. The van der Waals surface area contributed by atoms with Crippen LogP contribution in [0.3, 0.4) is 0 Å². The van der Waals surface area contributed by atoms with E-state index in [-0.39, 0.29) is 17.2 Å². The summed E-state index contributed by atoms with van der Waals surface area (Å²) in [5.74, 6) is -0.120. The summed E-state index contributed by atoms with van der Waals surface area (Å²) >= 11 is 23.6. The third-order valence-electron chi connectivity index (χ3n) is 2.60. The van der Waals surface area contributed by atoms with Crippen molar-refractivity contribution in [2.45, 2.75) is 6.42 Å². The van der Waals surface area contributed by atoms with Crippen LogP contribution in [0.2, 0.25) is 20.1 Å². The van der Waals surface area contributed by atoms with Crippen molar-refractivity contribution in [1.82, 2.24) is 0 Å². The first-order valence-electron chi connectivity index (χ1n) is 5.40. The lowest BCUT2D eigenvalue weighted by atomic mass is 10.0. The van der Waals surface area contributed by atoms with Gasteiger partial charge in [0.05, 0.1) is 20.1 Å². The molecule has 0 atom stereocenters. The maximum Gasteiger partial charge on any atom is 0.168 e. The standard InChI is InChI=1S/C14H8Cl4O/c15-10-5-4-8(6-12(10)17)7-13(19)9-2-1-3-11(16)14(9)18/h1-6H,7H2. The van der Waals surface area contributed by atoms with Crippen molar-refractivity contribution < 1.29 is 4.79 Å². The number of carbonyl (C=O) groups excluding carboxylic acids is 1. The van der Waals surface area contributed by atoms with E-state index in [1.807, 2.05) is 0 Å². The normalized spacial score (nSPS) is 10.5. The van der Waals surface area contributed by atoms with E-state index in [1.54, 1.807) is 36.4 Å². The zero-order chi connectivity index (χ0) is 14.0. The molecule has 0 bridgehead atoms. The summed E-state index contributed by atoms with van der Waals surface area (Å²) in [5.41, 5.74) is 1.18. The van der Waals surface area contributed by atoms with E-state index in [2.05, 4.69) is 0 Å². The number of rotatable bonds is 3. The van der Waals surface area contributed by atoms with Gasteiger partial charge < -0.3 is 0 Å². The third-order valence-corrected chi connectivity index (χ3v) is 4.16. The van der Waals surface area contributed by atoms with E-state index in [4.69, 9.17) is 46.4 Å². The summed E-state index contributed by atoms with van der Waals surface area (Å²) in [6.45, 7) is 0. The minimum atomic E-state index is -0.120. The number of ketones is 1. The zero-order valence-electron chi connectivity index (χ0n) is 9.59. The average molecular weight is 334 g/mol. The van der Waals surface area contributed by atoms with Gasteiger partial charge in [0, 0.05) is 12.0 Å². The molecule has 2 rings (SSSR count). The van der Waals surface area contributed by atoms with E-state index < -0.39 is 0 Å². The van der Waals surface area contributed by atoms with Crippen molar-refractivity contribution >= 4 is 52.2 Å². The average Bonchev–Trinajstić information content (AvgIpc) is 2.37. The molecule has 0 N–H and O–H groups in total. The van der Waals surface area contributed by atoms with Crippen molar-refractivity contribution in [3.8, 4) is 0 Å². The minimum Gasteiger partial charge on any atom is -0.294 e. The predicted octanol–water partition coefficient (Wildman–Crippen LogP) is 5.73. The van der Waals surface area contributed by atoms with E-state index in [9.17, 15) is 4.79 Å². The molecule has 0 saturated heterocycles. The van der Waals surface area contributed by atoms with E-state index >= 15 is 0 Å². The van der Waals surface area contributed by atoms with E-state index in [0.29, 0.717) is 20.6 Å². The van der Waals surface area contributed by atoms with Gasteiger partial charge in [0.1, 0.15) is 0 Å². The molecule has 2 aromatic rings. The van der Waals surface area contributed by atoms with Crippen molar-refractivity contribution in [2.75, 3.05) is 0 Å². The van der Waals surface area contributed by atoms with Gasteiger partial charge in [0.15, 0.2) is 5.78 Å². The van der Waals surface area contributed by atoms with Gasteiger partial charge in [-0.05, 0) is 29.8 Å². The summed E-state index contributed by atoms with van der Waals surface area (Å²) < 4.78 is 0. The Morgan fingerprint density at radius 2 is 1.63 bits per heavy atom. The molecular weight excluding hydrogens is 326 g/mol. The third kappa shape index (κ3) is 3.43. The van der Waals surface area contributed by atoms with Gasteiger partial charge >= 0.3 is 0 Å². The highest BCUT2D eigenvalue weighted by molar-refractivity contribution is 6.44. The van der Waals surface area contributed by atoms with Crippen LogP contribution in [0.1, 0.15) is 15.9 Å². The van der Waals surface area contributed by atoms with Gasteiger partial charge in [-0.1, -0.05) is 58.5 Å². The fourth-order valence-corrected chi connectivity index (χ4v) is 2.38. The smallest absolute Gasteiger partial charge is 0.168 e. The molecule has 0 aliphatic carbocycles. The SMILES string of the molecule is O=C(Cc1ccc(Cl)c(Cl)c1)c1cccc(Cl)c1Cl. The maximum absolute atomic E-state index is 12.2. The summed E-state index contributed by atoms with van der Waals surface area (Å²) in [5, 5.41) is 1.51. The molecule has 0 spiro atoms. The molecular formula is C14H8Cl4O. The molecule has 0 fully saturated rings. The van der Waals surface area contributed by atoms with Crippen molar-refractivity contribution in [1.29, 1.82) is 0 Å². The highest BCUT2D eigenvalue weighted by Crippen LogP contribution is 2.27. The topological polar surface area (TPSA) is 17.1 Å². The Hall–Kier alpha value is -0.730. The molecule has 0 aliphatic rings. The van der Waals surface area contributed by atoms with Crippen LogP contribution in [0.25, 0.3) is 0 Å². The van der Waals surface area contributed by atoms with Crippen molar-refractivity contribution in [3.05, 3.63) is 67.6 Å². The van der Waals surface area contributed by atoms with Crippen LogP contribution < -0.4 is 0 Å². The molecule has 0 saturated carbocycles. The fraction of sp³-hybridized carbons (Fsp3) is 0.0714. The molecule has 1 nitrogen and oxygen atoms in total. The number of halogens is 4. The Bertz CT molecular complexity index is 637. The monoisotopic (exact) mass is 332 g/mol. The van der Waals surface area contributed by atoms with Crippen LogP contribution >= 0.6 is 46.4 Å². The maximum atomic E-state index is 12.2.